The zero-order chi connectivity index (χ0) is 13.1. The van der Waals surface area contributed by atoms with Crippen LogP contribution < -0.4 is 0 Å². The zero-order valence-electron chi connectivity index (χ0n) is 10.6. The van der Waals surface area contributed by atoms with Gasteiger partial charge in [-0.15, -0.1) is 0 Å². The Morgan fingerprint density at radius 1 is 1.33 bits per heavy atom. The first-order valence-electron chi connectivity index (χ1n) is 6.15. The summed E-state index contributed by atoms with van der Waals surface area (Å²) < 4.78 is 10.8. The number of benzene rings is 1. The van der Waals surface area contributed by atoms with E-state index in [1.807, 2.05) is 13.0 Å². The van der Waals surface area contributed by atoms with E-state index in [0.29, 0.717) is 12.2 Å². The van der Waals surface area contributed by atoms with Gasteiger partial charge in [-0.05, 0) is 19.1 Å². The maximum absolute atomic E-state index is 11.9. The smallest absolute Gasteiger partial charge is 0.338 e. The second kappa shape index (κ2) is 5.50. The Balaban J connectivity index is 2.06. The molecule has 0 aliphatic carbocycles. The summed E-state index contributed by atoms with van der Waals surface area (Å²) >= 11 is 0. The molecule has 1 aromatic carbocycles. The molecule has 1 heterocycles. The van der Waals surface area contributed by atoms with Crippen molar-refractivity contribution < 1.29 is 19.4 Å². The Labute approximate surface area is 107 Å². The third-order valence-corrected chi connectivity index (χ3v) is 3.26. The molecule has 18 heavy (non-hydrogen) atoms. The molecule has 0 spiro atoms. The van der Waals surface area contributed by atoms with E-state index in [1.54, 1.807) is 31.2 Å². The summed E-state index contributed by atoms with van der Waals surface area (Å²) in [7, 11) is 0. The molecule has 1 fully saturated rings. The van der Waals surface area contributed by atoms with E-state index in [0.717, 1.165) is 0 Å². The van der Waals surface area contributed by atoms with Crippen molar-refractivity contribution in [3.63, 3.8) is 0 Å². The zero-order valence-corrected chi connectivity index (χ0v) is 10.6. The second-order valence-corrected chi connectivity index (χ2v) is 4.74. The van der Waals surface area contributed by atoms with E-state index in [4.69, 9.17) is 9.47 Å². The Hall–Kier alpha value is -1.39. The first kappa shape index (κ1) is 13.1. The highest BCUT2D eigenvalue weighted by Gasteiger charge is 2.37. The molecule has 0 aromatic heterocycles. The summed E-state index contributed by atoms with van der Waals surface area (Å²) in [5, 5.41) is 10.0. The number of aliphatic hydroxyl groups is 1. The van der Waals surface area contributed by atoms with Gasteiger partial charge in [0.15, 0.2) is 6.10 Å². The van der Waals surface area contributed by atoms with Gasteiger partial charge in [0, 0.05) is 5.92 Å². The molecular weight excluding hydrogens is 232 g/mol. The van der Waals surface area contributed by atoms with Gasteiger partial charge < -0.3 is 14.6 Å². The van der Waals surface area contributed by atoms with Crippen LogP contribution in [0, 0.1) is 5.92 Å². The van der Waals surface area contributed by atoms with E-state index >= 15 is 0 Å². The maximum atomic E-state index is 11.9. The number of hydrogen-bond acceptors (Lipinski definition) is 4. The van der Waals surface area contributed by atoms with Crippen molar-refractivity contribution in [3.8, 4) is 0 Å². The van der Waals surface area contributed by atoms with E-state index < -0.39 is 18.2 Å². The van der Waals surface area contributed by atoms with Gasteiger partial charge in [-0.3, -0.25) is 0 Å². The molecule has 4 nitrogen and oxygen atoms in total. The second-order valence-electron chi connectivity index (χ2n) is 4.74. The van der Waals surface area contributed by atoms with Crippen molar-refractivity contribution in [1.29, 1.82) is 0 Å². The molecular formula is C14H18O4. The fourth-order valence-corrected chi connectivity index (χ4v) is 2.03. The lowest BCUT2D eigenvalue weighted by atomic mass is 9.94. The molecule has 0 amide bonds. The van der Waals surface area contributed by atoms with Crippen LogP contribution >= 0.6 is 0 Å². The quantitative estimate of drug-likeness (QED) is 0.810. The van der Waals surface area contributed by atoms with E-state index in [1.165, 1.54) is 0 Å². The standard InChI is InChI=1S/C14H18O4/c1-9-8-17-10(2)13(12(9)15)18-14(16)11-6-4-3-5-7-11/h3-7,9-10,12-13,15H,8H2,1-2H3. The molecule has 1 N–H and O–H groups in total. The molecule has 4 unspecified atom stereocenters. The summed E-state index contributed by atoms with van der Waals surface area (Å²) in [5.41, 5.74) is 0.482. The first-order valence-corrected chi connectivity index (χ1v) is 6.15. The molecule has 1 aliphatic heterocycles. The largest absolute Gasteiger partial charge is 0.453 e. The highest BCUT2D eigenvalue weighted by atomic mass is 16.6. The van der Waals surface area contributed by atoms with Crippen molar-refractivity contribution in [2.45, 2.75) is 32.2 Å². The van der Waals surface area contributed by atoms with Gasteiger partial charge in [0.25, 0.3) is 0 Å². The lowest BCUT2D eigenvalue weighted by Crippen LogP contribution is -2.50. The lowest BCUT2D eigenvalue weighted by Gasteiger charge is -2.36. The topological polar surface area (TPSA) is 55.8 Å². The third-order valence-electron chi connectivity index (χ3n) is 3.26. The van der Waals surface area contributed by atoms with Crippen molar-refractivity contribution in [1.82, 2.24) is 0 Å². The van der Waals surface area contributed by atoms with Gasteiger partial charge in [-0.1, -0.05) is 25.1 Å². The number of aliphatic hydroxyl groups excluding tert-OH is 1. The number of esters is 1. The van der Waals surface area contributed by atoms with Crippen molar-refractivity contribution in [2.75, 3.05) is 6.61 Å². The highest BCUT2D eigenvalue weighted by molar-refractivity contribution is 5.89. The average Bonchev–Trinajstić information content (AvgIpc) is 2.40. The highest BCUT2D eigenvalue weighted by Crippen LogP contribution is 2.23. The molecule has 1 aliphatic rings. The van der Waals surface area contributed by atoms with Crippen LogP contribution in [0.2, 0.25) is 0 Å². The van der Waals surface area contributed by atoms with Gasteiger partial charge in [0.2, 0.25) is 0 Å². The minimum Gasteiger partial charge on any atom is -0.453 e. The summed E-state index contributed by atoms with van der Waals surface area (Å²) in [6.07, 6.45) is -1.58. The van der Waals surface area contributed by atoms with Gasteiger partial charge in [0.1, 0.15) is 0 Å². The Bertz CT molecular complexity index is 404. The molecule has 98 valence electrons. The summed E-state index contributed by atoms with van der Waals surface area (Å²) in [5.74, 6) is -0.459. The molecule has 4 heteroatoms. The van der Waals surface area contributed by atoms with E-state index in [2.05, 4.69) is 0 Å². The van der Waals surface area contributed by atoms with Crippen molar-refractivity contribution in [2.24, 2.45) is 5.92 Å². The summed E-state index contributed by atoms with van der Waals surface area (Å²) in [6, 6.07) is 8.76. The van der Waals surface area contributed by atoms with Crippen LogP contribution in [0.4, 0.5) is 0 Å². The van der Waals surface area contributed by atoms with Crippen LogP contribution in [0.3, 0.4) is 0 Å². The SMILES string of the molecule is CC1COC(C)C(OC(=O)c2ccccc2)C1O. The van der Waals surface area contributed by atoms with Gasteiger partial charge in [0.05, 0.1) is 24.4 Å². The molecule has 4 atom stereocenters. The normalized spacial score (nSPS) is 31.9. The lowest BCUT2D eigenvalue weighted by molar-refractivity contribution is -0.156. The fraction of sp³-hybridized carbons (Fsp3) is 0.500. The Morgan fingerprint density at radius 3 is 2.67 bits per heavy atom. The average molecular weight is 250 g/mol. The van der Waals surface area contributed by atoms with E-state index in [-0.39, 0.29) is 12.0 Å². The predicted octanol–water partition coefficient (Wildman–Crippen LogP) is 1.63. The van der Waals surface area contributed by atoms with Crippen LogP contribution in [-0.2, 0) is 9.47 Å². The van der Waals surface area contributed by atoms with Crippen LogP contribution in [-0.4, -0.2) is 36.0 Å². The molecule has 1 saturated heterocycles. The third kappa shape index (κ3) is 2.71. The van der Waals surface area contributed by atoms with Crippen molar-refractivity contribution in [3.05, 3.63) is 35.9 Å². The summed E-state index contributed by atoms with van der Waals surface area (Å²) in [4.78, 5) is 11.9. The van der Waals surface area contributed by atoms with Gasteiger partial charge >= 0.3 is 5.97 Å². The fourth-order valence-electron chi connectivity index (χ4n) is 2.03. The summed E-state index contributed by atoms with van der Waals surface area (Å²) in [6.45, 7) is 4.17. The molecule has 0 saturated carbocycles. The van der Waals surface area contributed by atoms with Crippen LogP contribution in [0.5, 0.6) is 0 Å². The van der Waals surface area contributed by atoms with Crippen LogP contribution in [0.25, 0.3) is 0 Å². The number of carbonyl (C=O) groups is 1. The van der Waals surface area contributed by atoms with Gasteiger partial charge in [-0.2, -0.15) is 0 Å². The number of ether oxygens (including phenoxy) is 2. The van der Waals surface area contributed by atoms with E-state index in [9.17, 15) is 9.90 Å². The molecule has 0 bridgehead atoms. The monoisotopic (exact) mass is 250 g/mol. The minimum absolute atomic E-state index is 0.0326. The number of rotatable bonds is 2. The minimum atomic E-state index is -0.679. The Morgan fingerprint density at radius 2 is 2.00 bits per heavy atom. The number of hydrogen-bond donors (Lipinski definition) is 1. The Kier molecular flexibility index (Phi) is 3.99. The molecule has 2 rings (SSSR count). The maximum Gasteiger partial charge on any atom is 0.338 e. The molecule has 0 radical (unpaired) electrons. The predicted molar refractivity (Wildman–Crippen MR) is 66.2 cm³/mol. The number of carbonyl (C=O) groups excluding carboxylic acids is 1. The van der Waals surface area contributed by atoms with Crippen molar-refractivity contribution >= 4 is 5.97 Å². The van der Waals surface area contributed by atoms with Crippen LogP contribution in [0.1, 0.15) is 24.2 Å². The molecule has 1 aromatic rings. The first-order chi connectivity index (χ1) is 8.59. The van der Waals surface area contributed by atoms with Crippen LogP contribution in [0.15, 0.2) is 30.3 Å². The van der Waals surface area contributed by atoms with Gasteiger partial charge in [-0.25, -0.2) is 4.79 Å².